The molecule has 1 amide bonds. The van der Waals surface area contributed by atoms with E-state index in [0.717, 1.165) is 28.7 Å². The third-order valence-electron chi connectivity index (χ3n) is 5.79. The molecule has 0 fully saturated rings. The monoisotopic (exact) mass is 481 g/mol. The van der Waals surface area contributed by atoms with Gasteiger partial charge in [0, 0.05) is 6.54 Å². The fraction of sp³-hybridized carbons (Fsp3) is 0.400. The van der Waals surface area contributed by atoms with Crippen molar-refractivity contribution in [1.29, 1.82) is 0 Å². The Morgan fingerprint density at radius 1 is 1.12 bits per heavy atom. The summed E-state index contributed by atoms with van der Waals surface area (Å²) < 4.78 is 12.9. The third kappa shape index (κ3) is 5.53. The first-order valence-corrected chi connectivity index (χ1v) is 12.3. The minimum absolute atomic E-state index is 0.0573. The lowest BCUT2D eigenvalue weighted by Crippen LogP contribution is -2.30. The van der Waals surface area contributed by atoms with Crippen molar-refractivity contribution in [1.82, 2.24) is 25.0 Å². The summed E-state index contributed by atoms with van der Waals surface area (Å²) >= 11 is 1.43. The van der Waals surface area contributed by atoms with Crippen LogP contribution in [0.2, 0.25) is 0 Å². The van der Waals surface area contributed by atoms with Crippen molar-refractivity contribution in [2.45, 2.75) is 49.8 Å². The molecule has 2 atom stereocenters. The van der Waals surface area contributed by atoms with Crippen LogP contribution in [0.4, 0.5) is 0 Å². The number of fused-ring (bicyclic) bond motifs is 1. The molecule has 180 valence electrons. The van der Waals surface area contributed by atoms with Crippen LogP contribution in [-0.4, -0.2) is 51.7 Å². The number of hydrogen-bond acceptors (Lipinski definition) is 7. The summed E-state index contributed by atoms with van der Waals surface area (Å²) in [5.74, 6) is 2.29. The Morgan fingerprint density at radius 3 is 2.62 bits per heavy atom. The van der Waals surface area contributed by atoms with Gasteiger partial charge < -0.3 is 19.4 Å². The fourth-order valence-corrected chi connectivity index (χ4v) is 4.80. The molecule has 9 heteroatoms. The molecule has 0 saturated carbocycles. The van der Waals surface area contributed by atoms with Crippen molar-refractivity contribution in [3.05, 3.63) is 65.5 Å². The zero-order chi connectivity index (χ0) is 24.1. The molecule has 1 aliphatic rings. The molecular weight excluding hydrogens is 450 g/mol. The lowest BCUT2D eigenvalue weighted by molar-refractivity contribution is -0.120. The zero-order valence-electron chi connectivity index (χ0n) is 20.0. The van der Waals surface area contributed by atoms with Gasteiger partial charge in [-0.25, -0.2) is 0 Å². The largest absolute Gasteiger partial charge is 0.454 e. The lowest BCUT2D eigenvalue weighted by atomic mass is 10.2. The Balaban J connectivity index is 1.47. The topological polar surface area (TPSA) is 81.5 Å². The molecule has 0 aliphatic carbocycles. The number of carbonyl (C=O) groups is 1. The van der Waals surface area contributed by atoms with Gasteiger partial charge in [0.2, 0.25) is 12.7 Å². The van der Waals surface area contributed by atoms with Gasteiger partial charge in [-0.05, 0) is 50.7 Å². The minimum Gasteiger partial charge on any atom is -0.454 e. The van der Waals surface area contributed by atoms with Gasteiger partial charge in [0.15, 0.2) is 22.5 Å². The molecule has 0 radical (unpaired) electrons. The van der Waals surface area contributed by atoms with E-state index in [9.17, 15) is 4.79 Å². The van der Waals surface area contributed by atoms with E-state index in [1.807, 2.05) is 43.3 Å². The quantitative estimate of drug-likeness (QED) is 0.440. The summed E-state index contributed by atoms with van der Waals surface area (Å²) in [7, 11) is 4.10. The van der Waals surface area contributed by atoms with Gasteiger partial charge in [0.05, 0.1) is 17.8 Å². The summed E-state index contributed by atoms with van der Waals surface area (Å²) in [6.07, 6.45) is 0.913. The maximum Gasteiger partial charge on any atom is 0.233 e. The van der Waals surface area contributed by atoms with Crippen molar-refractivity contribution >= 4 is 17.7 Å². The molecule has 2 heterocycles. The second-order valence-corrected chi connectivity index (χ2v) is 9.77. The van der Waals surface area contributed by atoms with Crippen molar-refractivity contribution in [3.8, 4) is 11.5 Å². The smallest absolute Gasteiger partial charge is 0.233 e. The summed E-state index contributed by atoms with van der Waals surface area (Å²) in [6, 6.07) is 16.1. The summed E-state index contributed by atoms with van der Waals surface area (Å²) in [5.41, 5.74) is 2.13. The van der Waals surface area contributed by atoms with Crippen molar-refractivity contribution in [2.24, 2.45) is 0 Å². The molecule has 34 heavy (non-hydrogen) atoms. The van der Waals surface area contributed by atoms with E-state index in [1.165, 1.54) is 17.3 Å². The van der Waals surface area contributed by atoms with E-state index >= 15 is 0 Å². The number of amides is 1. The van der Waals surface area contributed by atoms with E-state index in [1.54, 1.807) is 0 Å². The Morgan fingerprint density at radius 2 is 1.88 bits per heavy atom. The summed E-state index contributed by atoms with van der Waals surface area (Å²) in [4.78, 5) is 15.0. The van der Waals surface area contributed by atoms with E-state index in [0.29, 0.717) is 18.8 Å². The van der Waals surface area contributed by atoms with E-state index in [-0.39, 0.29) is 24.0 Å². The molecule has 4 rings (SSSR count). The van der Waals surface area contributed by atoms with E-state index < -0.39 is 0 Å². The number of thioether (sulfide) groups is 1. The molecule has 2 aromatic carbocycles. The van der Waals surface area contributed by atoms with E-state index in [2.05, 4.69) is 58.1 Å². The number of rotatable bonds is 10. The van der Waals surface area contributed by atoms with Crippen molar-refractivity contribution < 1.29 is 14.3 Å². The Hall–Kier alpha value is -3.04. The van der Waals surface area contributed by atoms with Gasteiger partial charge >= 0.3 is 0 Å². The number of carbonyl (C=O) groups excluding carboxylic acids is 1. The Kier molecular flexibility index (Phi) is 7.74. The first-order valence-electron chi connectivity index (χ1n) is 11.4. The molecule has 0 bridgehead atoms. The summed E-state index contributed by atoms with van der Waals surface area (Å²) in [5, 5.41) is 12.4. The fourth-order valence-electron chi connectivity index (χ4n) is 3.92. The number of aromatic nitrogens is 3. The van der Waals surface area contributed by atoms with Gasteiger partial charge in [-0.2, -0.15) is 0 Å². The van der Waals surface area contributed by atoms with Crippen LogP contribution in [0.3, 0.4) is 0 Å². The highest BCUT2D eigenvalue weighted by molar-refractivity contribution is 8.00. The molecule has 3 aromatic rings. The van der Waals surface area contributed by atoms with Gasteiger partial charge in [0.1, 0.15) is 0 Å². The lowest BCUT2D eigenvalue weighted by Gasteiger charge is -2.23. The predicted molar refractivity (Wildman–Crippen MR) is 132 cm³/mol. The number of nitrogens with one attached hydrogen (secondary N) is 1. The number of benzene rings is 2. The van der Waals surface area contributed by atoms with Gasteiger partial charge in [0.25, 0.3) is 0 Å². The van der Waals surface area contributed by atoms with Crippen LogP contribution in [0.5, 0.6) is 11.5 Å². The first-order chi connectivity index (χ1) is 16.5. The number of hydrogen-bond donors (Lipinski definition) is 1. The average molecular weight is 482 g/mol. The molecule has 8 nitrogen and oxygen atoms in total. The van der Waals surface area contributed by atoms with Gasteiger partial charge in [-0.3, -0.25) is 9.69 Å². The second-order valence-electron chi connectivity index (χ2n) is 8.47. The SMILES string of the molecule is CCC(c1nnc(SC(C)C(=O)NCc2ccc3c(c2)OCO3)n1Cc1ccccc1)N(C)C. The zero-order valence-corrected chi connectivity index (χ0v) is 20.8. The summed E-state index contributed by atoms with van der Waals surface area (Å²) in [6.45, 7) is 5.34. The minimum atomic E-state index is -0.333. The second kappa shape index (κ2) is 10.9. The Labute approximate surface area is 204 Å². The average Bonchev–Trinajstić information content (AvgIpc) is 3.45. The van der Waals surface area contributed by atoms with Crippen LogP contribution in [-0.2, 0) is 17.9 Å². The van der Waals surface area contributed by atoms with Crippen LogP contribution in [0.25, 0.3) is 0 Å². The van der Waals surface area contributed by atoms with Crippen LogP contribution in [0.1, 0.15) is 43.3 Å². The van der Waals surface area contributed by atoms with Crippen molar-refractivity contribution in [2.75, 3.05) is 20.9 Å². The predicted octanol–water partition coefficient (Wildman–Crippen LogP) is 3.86. The molecular formula is C25H31N5O3S. The van der Waals surface area contributed by atoms with Crippen LogP contribution < -0.4 is 14.8 Å². The number of ether oxygens (including phenoxy) is 2. The third-order valence-corrected chi connectivity index (χ3v) is 6.87. The van der Waals surface area contributed by atoms with Crippen LogP contribution >= 0.6 is 11.8 Å². The molecule has 2 unspecified atom stereocenters. The maximum atomic E-state index is 12.9. The maximum absolute atomic E-state index is 12.9. The first kappa shape index (κ1) is 24.1. The molecule has 1 aromatic heterocycles. The standard InChI is InChI=1S/C25H31N5O3S/c1-5-20(29(3)4)23-27-28-25(30(23)15-18-9-7-6-8-10-18)34-17(2)24(31)26-14-19-11-12-21-22(13-19)33-16-32-21/h6-13,17,20H,5,14-16H2,1-4H3,(H,26,31). The van der Waals surface area contributed by atoms with Crippen LogP contribution in [0, 0.1) is 0 Å². The van der Waals surface area contributed by atoms with Gasteiger partial charge in [-0.1, -0.05) is 55.1 Å². The highest BCUT2D eigenvalue weighted by Gasteiger charge is 2.25. The van der Waals surface area contributed by atoms with Crippen molar-refractivity contribution in [3.63, 3.8) is 0 Å². The van der Waals surface area contributed by atoms with Gasteiger partial charge in [-0.15, -0.1) is 10.2 Å². The normalized spacial score (nSPS) is 14.3. The molecule has 0 spiro atoms. The highest BCUT2D eigenvalue weighted by Crippen LogP contribution is 2.32. The number of nitrogens with zero attached hydrogens (tertiary/aromatic N) is 4. The van der Waals surface area contributed by atoms with Crippen LogP contribution in [0.15, 0.2) is 53.7 Å². The van der Waals surface area contributed by atoms with E-state index in [4.69, 9.17) is 9.47 Å². The highest BCUT2D eigenvalue weighted by atomic mass is 32.2. The Bertz CT molecular complexity index is 1120. The molecule has 1 aliphatic heterocycles. The molecule has 0 saturated heterocycles. The molecule has 1 N–H and O–H groups in total.